The van der Waals surface area contributed by atoms with E-state index >= 15 is 0 Å². The van der Waals surface area contributed by atoms with E-state index in [1.807, 2.05) is 6.92 Å². The topological polar surface area (TPSA) is 61.4 Å². The molecule has 1 rings (SSSR count). The number of halogens is 3. The Morgan fingerprint density at radius 1 is 1.33 bits per heavy atom. The number of ether oxygens (including phenoxy) is 1. The van der Waals surface area contributed by atoms with Crippen molar-refractivity contribution in [1.29, 1.82) is 0 Å². The molecule has 0 bridgehead atoms. The monoisotopic (exact) mass is 365 g/mol. The number of carbonyl (C=O) groups excluding carboxylic acids is 1. The fourth-order valence-electron chi connectivity index (χ4n) is 2.13. The Bertz CT molecular complexity index is 559. The summed E-state index contributed by atoms with van der Waals surface area (Å²) in [5.41, 5.74) is -2.96. The van der Waals surface area contributed by atoms with Crippen molar-refractivity contribution in [3.8, 4) is 0 Å². The van der Waals surface area contributed by atoms with Crippen LogP contribution in [-0.2, 0) is 26.4 Å². The van der Waals surface area contributed by atoms with Gasteiger partial charge in [0.1, 0.15) is 11.6 Å². The molecule has 8 heteroatoms. The first-order valence-electron chi connectivity index (χ1n) is 7.66. The Labute approximate surface area is 143 Å². The smallest absolute Gasteiger partial charge is 0.379 e. The van der Waals surface area contributed by atoms with Crippen LogP contribution in [0.25, 0.3) is 0 Å². The second kappa shape index (κ2) is 8.73. The first-order valence-corrected chi connectivity index (χ1v) is 8.98. The predicted molar refractivity (Wildman–Crippen MR) is 86.4 cm³/mol. The van der Waals surface area contributed by atoms with Crippen molar-refractivity contribution in [2.24, 2.45) is 0 Å². The summed E-state index contributed by atoms with van der Waals surface area (Å²) in [6, 6.07) is 4.85. The molecule has 24 heavy (non-hydrogen) atoms. The molecule has 0 saturated heterocycles. The van der Waals surface area contributed by atoms with Crippen molar-refractivity contribution in [3.63, 3.8) is 0 Å². The van der Waals surface area contributed by atoms with E-state index in [1.54, 1.807) is 0 Å². The van der Waals surface area contributed by atoms with E-state index in [0.29, 0.717) is 6.42 Å². The van der Waals surface area contributed by atoms with Crippen LogP contribution in [0.2, 0.25) is 0 Å². The lowest BCUT2D eigenvalue weighted by molar-refractivity contribution is -0.183. The summed E-state index contributed by atoms with van der Waals surface area (Å²) in [4.78, 5) is 11.8. The van der Waals surface area contributed by atoms with Crippen molar-refractivity contribution < 1.29 is 27.3 Å². The van der Waals surface area contributed by atoms with Crippen molar-refractivity contribution >= 4 is 17.3 Å². The van der Waals surface area contributed by atoms with E-state index in [1.165, 1.54) is 19.1 Å². The maximum absolute atomic E-state index is 14.8. The SMILES string of the molecule is CCCC[S@@+]([O-])NC(C)(c1ccccc1F)C(F)(F)C(=O)OCC. The number of unbranched alkanes of at least 4 members (excludes halogenated alkanes) is 1. The fraction of sp³-hybridized carbons (Fsp3) is 0.562. The molecule has 1 N–H and O–H groups in total. The van der Waals surface area contributed by atoms with E-state index in [9.17, 15) is 22.5 Å². The average molecular weight is 365 g/mol. The predicted octanol–water partition coefficient (Wildman–Crippen LogP) is 3.29. The average Bonchev–Trinajstić information content (AvgIpc) is 2.53. The van der Waals surface area contributed by atoms with Gasteiger partial charge in [0.2, 0.25) is 0 Å². The Balaban J connectivity index is 3.30. The van der Waals surface area contributed by atoms with Gasteiger partial charge in [-0.05, 0) is 26.3 Å². The molecule has 4 nitrogen and oxygen atoms in total. The van der Waals surface area contributed by atoms with Gasteiger partial charge in [-0.3, -0.25) is 0 Å². The fourth-order valence-corrected chi connectivity index (χ4v) is 3.48. The molecule has 2 atom stereocenters. The van der Waals surface area contributed by atoms with Gasteiger partial charge in [0.05, 0.1) is 6.61 Å². The molecular weight excluding hydrogens is 343 g/mol. The molecule has 0 amide bonds. The summed E-state index contributed by atoms with van der Waals surface area (Å²) in [5.74, 6) is -6.73. The third kappa shape index (κ3) is 4.43. The summed E-state index contributed by atoms with van der Waals surface area (Å²) in [6.45, 7) is 3.95. The van der Waals surface area contributed by atoms with Gasteiger partial charge >= 0.3 is 11.9 Å². The van der Waals surface area contributed by atoms with Crippen LogP contribution in [-0.4, -0.2) is 28.8 Å². The highest BCUT2D eigenvalue weighted by atomic mass is 32.2. The Morgan fingerprint density at radius 2 is 1.96 bits per heavy atom. The van der Waals surface area contributed by atoms with E-state index in [4.69, 9.17) is 0 Å². The number of benzene rings is 1. The van der Waals surface area contributed by atoms with Crippen LogP contribution in [0.15, 0.2) is 24.3 Å². The van der Waals surface area contributed by atoms with Crippen LogP contribution in [0.5, 0.6) is 0 Å². The molecule has 136 valence electrons. The standard InChI is InChI=1S/C16H22F3NO3S/c1-4-6-11-24(22)20-15(3,12-9-7-8-10-13(12)17)16(18,19)14(21)23-5-2/h7-10,20H,4-6,11H2,1-3H3/t15?,24-/m1/s1. The summed E-state index contributed by atoms with van der Waals surface area (Å²) in [6.07, 6.45) is 1.26. The highest BCUT2D eigenvalue weighted by Gasteiger charge is 2.61. The number of hydrogen-bond acceptors (Lipinski definition) is 4. The minimum absolute atomic E-state index is 0.111. The Morgan fingerprint density at radius 3 is 2.50 bits per heavy atom. The number of alkyl halides is 2. The van der Waals surface area contributed by atoms with Crippen molar-refractivity contribution in [2.75, 3.05) is 12.4 Å². The normalized spacial score (nSPS) is 15.6. The molecule has 1 aromatic carbocycles. The molecule has 0 spiro atoms. The third-order valence-electron chi connectivity index (χ3n) is 3.57. The van der Waals surface area contributed by atoms with Gasteiger partial charge in [-0.2, -0.15) is 8.78 Å². The van der Waals surface area contributed by atoms with Gasteiger partial charge in [-0.1, -0.05) is 31.5 Å². The molecule has 0 heterocycles. The van der Waals surface area contributed by atoms with E-state index in [2.05, 4.69) is 9.46 Å². The molecule has 0 aromatic heterocycles. The number of esters is 1. The highest BCUT2D eigenvalue weighted by molar-refractivity contribution is 7.89. The lowest BCUT2D eigenvalue weighted by Crippen LogP contribution is -2.60. The molecule has 1 aromatic rings. The van der Waals surface area contributed by atoms with Crippen LogP contribution in [0.3, 0.4) is 0 Å². The minimum Gasteiger partial charge on any atom is -0.598 e. The molecule has 0 aliphatic carbocycles. The molecule has 0 aliphatic rings. The summed E-state index contributed by atoms with van der Waals surface area (Å²) in [5, 5.41) is 0. The molecule has 0 fully saturated rings. The van der Waals surface area contributed by atoms with E-state index in [0.717, 1.165) is 25.5 Å². The zero-order chi connectivity index (χ0) is 18.4. The number of carbonyl (C=O) groups is 1. The second-order valence-corrected chi connectivity index (χ2v) is 6.71. The summed E-state index contributed by atoms with van der Waals surface area (Å²) in [7, 11) is 0. The third-order valence-corrected chi connectivity index (χ3v) is 4.87. The molecule has 1 unspecified atom stereocenters. The van der Waals surface area contributed by atoms with Crippen molar-refractivity contribution in [3.05, 3.63) is 35.6 Å². The first kappa shape index (κ1) is 20.8. The Hall–Kier alpha value is -1.25. The van der Waals surface area contributed by atoms with Crippen LogP contribution in [0, 0.1) is 5.82 Å². The van der Waals surface area contributed by atoms with Crippen LogP contribution in [0.1, 0.15) is 39.2 Å². The lowest BCUT2D eigenvalue weighted by atomic mass is 9.86. The van der Waals surface area contributed by atoms with E-state index < -0.39 is 40.2 Å². The quantitative estimate of drug-likeness (QED) is 0.539. The Kier molecular flexibility index (Phi) is 7.56. The van der Waals surface area contributed by atoms with Gasteiger partial charge in [0.25, 0.3) is 0 Å². The van der Waals surface area contributed by atoms with Gasteiger partial charge in [-0.25, -0.2) is 9.18 Å². The molecule has 0 aliphatic heterocycles. The zero-order valence-corrected chi connectivity index (χ0v) is 14.7. The lowest BCUT2D eigenvalue weighted by Gasteiger charge is -2.36. The van der Waals surface area contributed by atoms with Crippen molar-refractivity contribution in [2.45, 2.75) is 45.1 Å². The minimum atomic E-state index is -4.12. The second-order valence-electron chi connectivity index (χ2n) is 5.40. The van der Waals surface area contributed by atoms with Crippen LogP contribution >= 0.6 is 0 Å². The first-order chi connectivity index (χ1) is 11.2. The number of nitrogens with one attached hydrogen (secondary N) is 1. The maximum Gasteiger partial charge on any atom is 0.379 e. The maximum atomic E-state index is 14.8. The van der Waals surface area contributed by atoms with Gasteiger partial charge in [0, 0.05) is 16.9 Å². The van der Waals surface area contributed by atoms with Gasteiger partial charge in [-0.15, -0.1) is 4.72 Å². The van der Waals surface area contributed by atoms with Crippen LogP contribution < -0.4 is 4.72 Å². The largest absolute Gasteiger partial charge is 0.598 e. The van der Waals surface area contributed by atoms with Crippen molar-refractivity contribution in [1.82, 2.24) is 4.72 Å². The zero-order valence-electron chi connectivity index (χ0n) is 13.9. The molecular formula is C16H22F3NO3S. The van der Waals surface area contributed by atoms with Gasteiger partial charge in [0.15, 0.2) is 5.54 Å². The summed E-state index contributed by atoms with van der Waals surface area (Å²) < 4.78 is 62.5. The molecule has 0 radical (unpaired) electrons. The van der Waals surface area contributed by atoms with Gasteiger partial charge < -0.3 is 9.29 Å². The number of hydrogen-bond donors (Lipinski definition) is 1. The highest BCUT2D eigenvalue weighted by Crippen LogP contribution is 2.40. The number of rotatable bonds is 9. The van der Waals surface area contributed by atoms with E-state index in [-0.39, 0.29) is 12.4 Å². The summed E-state index contributed by atoms with van der Waals surface area (Å²) >= 11 is -1.87. The molecule has 0 saturated carbocycles. The van der Waals surface area contributed by atoms with Crippen LogP contribution in [0.4, 0.5) is 13.2 Å².